The number of hydrogen-bond acceptors (Lipinski definition) is 9. The van der Waals surface area contributed by atoms with E-state index in [0.717, 1.165) is 60.6 Å². The van der Waals surface area contributed by atoms with Gasteiger partial charge in [-0.25, -0.2) is 15.0 Å². The van der Waals surface area contributed by atoms with Crippen LogP contribution in [0.2, 0.25) is 0 Å². The molecular formula is C32H38F3N9O2. The lowest BCUT2D eigenvalue weighted by Crippen LogP contribution is -2.46. The number of unbranched alkanes of at least 4 members (excludes halogenated alkanes) is 1. The van der Waals surface area contributed by atoms with Crippen LogP contribution in [0.4, 0.5) is 13.2 Å². The Morgan fingerprint density at radius 1 is 1.15 bits per heavy atom. The van der Waals surface area contributed by atoms with Crippen LogP contribution in [0.1, 0.15) is 56.2 Å². The fraction of sp³-hybridized carbons (Fsp3) is 0.531. The highest BCUT2D eigenvalue weighted by Crippen LogP contribution is 2.32. The number of likely N-dealkylation sites (tertiary alicyclic amines) is 2. The minimum atomic E-state index is -4.59. The van der Waals surface area contributed by atoms with E-state index in [0.29, 0.717) is 51.0 Å². The predicted molar refractivity (Wildman–Crippen MR) is 163 cm³/mol. The van der Waals surface area contributed by atoms with Crippen molar-refractivity contribution in [1.82, 2.24) is 39.5 Å². The molecule has 2 saturated heterocycles. The summed E-state index contributed by atoms with van der Waals surface area (Å²) in [6.45, 7) is 3.04. The minimum absolute atomic E-state index is 0.0149. The van der Waals surface area contributed by atoms with Gasteiger partial charge in [0.25, 0.3) is 0 Å². The van der Waals surface area contributed by atoms with Gasteiger partial charge >= 0.3 is 6.18 Å². The number of nitrogens with one attached hydrogen (secondary N) is 1. The molecule has 0 aliphatic carbocycles. The quantitative estimate of drug-likeness (QED) is 0.210. The summed E-state index contributed by atoms with van der Waals surface area (Å²) in [4.78, 5) is 20.0. The number of aliphatic hydroxyl groups excluding tert-OH is 1. The average Bonchev–Trinajstić information content (AvgIpc) is 3.82. The standard InChI is InChI=1S/C32H38F3N9O2/c33-32(34,35)28-14-22(17-43-11-3-5-25(43)20-45)15-29(41-28)46-26-7-12-42(13-8-26)24(4-1-2-9-36)19-44-18-23(16-40-44)30-27-6-10-37-31(27)39-21-38-30/h6,10,14-16,18,21,24-26,45H,1-5,7-8,11-13,17,19-20H2,(H,37,38,39)/t24-,25+/m0/s1. The number of hydrogen-bond donors (Lipinski definition) is 2. The molecule has 46 heavy (non-hydrogen) atoms. The number of fused-ring (bicyclic) bond motifs is 1. The smallest absolute Gasteiger partial charge is 0.433 e. The number of nitriles is 1. The van der Waals surface area contributed by atoms with Crippen LogP contribution in [-0.4, -0.2) is 89.1 Å². The van der Waals surface area contributed by atoms with Gasteiger partial charge in [0.15, 0.2) is 0 Å². The largest absolute Gasteiger partial charge is 0.474 e. The van der Waals surface area contributed by atoms with Crippen molar-refractivity contribution in [2.75, 3.05) is 26.2 Å². The first kappa shape index (κ1) is 31.9. The number of aromatic amines is 1. The Morgan fingerprint density at radius 3 is 2.78 bits per heavy atom. The first-order chi connectivity index (χ1) is 22.3. The zero-order valence-electron chi connectivity index (χ0n) is 25.5. The molecule has 0 aromatic carbocycles. The highest BCUT2D eigenvalue weighted by Gasteiger charge is 2.35. The molecule has 0 unspecified atom stereocenters. The van der Waals surface area contributed by atoms with E-state index in [1.165, 1.54) is 6.33 Å². The van der Waals surface area contributed by atoms with Gasteiger partial charge in [0.1, 0.15) is 23.8 Å². The van der Waals surface area contributed by atoms with Crippen LogP contribution < -0.4 is 4.74 Å². The fourth-order valence-electron chi connectivity index (χ4n) is 6.64. The molecule has 2 N–H and O–H groups in total. The lowest BCUT2D eigenvalue weighted by atomic mass is 10.0. The van der Waals surface area contributed by atoms with Gasteiger partial charge in [0.2, 0.25) is 5.88 Å². The van der Waals surface area contributed by atoms with E-state index >= 15 is 0 Å². The van der Waals surface area contributed by atoms with Crippen LogP contribution in [-0.2, 0) is 19.3 Å². The number of aromatic nitrogens is 6. The summed E-state index contributed by atoms with van der Waals surface area (Å²) >= 11 is 0. The summed E-state index contributed by atoms with van der Waals surface area (Å²) in [6.07, 6.45) is 7.30. The lowest BCUT2D eigenvalue weighted by Gasteiger charge is -2.37. The third-order valence-corrected chi connectivity index (χ3v) is 9.01. The average molecular weight is 638 g/mol. The Bertz CT molecular complexity index is 1640. The van der Waals surface area contributed by atoms with Gasteiger partial charge in [-0.15, -0.1) is 0 Å². The maximum atomic E-state index is 13.8. The van der Waals surface area contributed by atoms with Crippen molar-refractivity contribution in [2.24, 2.45) is 0 Å². The minimum Gasteiger partial charge on any atom is -0.474 e. The molecule has 244 valence electrons. The maximum Gasteiger partial charge on any atom is 0.433 e. The Balaban J connectivity index is 1.11. The monoisotopic (exact) mass is 637 g/mol. The van der Waals surface area contributed by atoms with Crippen molar-refractivity contribution in [2.45, 2.75) is 82.4 Å². The number of H-pyrrole nitrogens is 1. The molecule has 2 atom stereocenters. The van der Waals surface area contributed by atoms with Gasteiger partial charge < -0.3 is 14.8 Å². The predicted octanol–water partition coefficient (Wildman–Crippen LogP) is 4.80. The molecule has 0 amide bonds. The van der Waals surface area contributed by atoms with Crippen LogP contribution in [0, 0.1) is 11.3 Å². The summed E-state index contributed by atoms with van der Waals surface area (Å²) in [5, 5.41) is 24.3. The third-order valence-electron chi connectivity index (χ3n) is 9.01. The molecule has 6 heterocycles. The van der Waals surface area contributed by atoms with Crippen molar-refractivity contribution in [1.29, 1.82) is 5.26 Å². The summed E-state index contributed by atoms with van der Waals surface area (Å²) in [7, 11) is 0. The van der Waals surface area contributed by atoms with E-state index in [1.807, 2.05) is 28.0 Å². The van der Waals surface area contributed by atoms with Gasteiger partial charge in [-0.1, -0.05) is 0 Å². The van der Waals surface area contributed by atoms with E-state index in [2.05, 4.69) is 36.0 Å². The number of alkyl halides is 3. The van der Waals surface area contributed by atoms with Crippen LogP contribution >= 0.6 is 0 Å². The topological polar surface area (TPSA) is 132 Å². The second-order valence-corrected chi connectivity index (χ2v) is 12.1. The van der Waals surface area contributed by atoms with Crippen LogP contribution in [0.3, 0.4) is 0 Å². The number of piperidine rings is 1. The van der Waals surface area contributed by atoms with Crippen LogP contribution in [0.25, 0.3) is 22.3 Å². The number of ether oxygens (including phenoxy) is 1. The summed E-state index contributed by atoms with van der Waals surface area (Å²) in [6, 6.07) is 6.93. The lowest BCUT2D eigenvalue weighted by molar-refractivity contribution is -0.141. The molecule has 0 saturated carbocycles. The van der Waals surface area contributed by atoms with Crippen molar-refractivity contribution in [3.8, 4) is 23.2 Å². The Kier molecular flexibility index (Phi) is 9.81. The zero-order chi connectivity index (χ0) is 32.1. The molecule has 2 aliphatic rings. The Labute approximate surface area is 265 Å². The first-order valence-corrected chi connectivity index (χ1v) is 15.8. The second-order valence-electron chi connectivity index (χ2n) is 12.1. The Morgan fingerprint density at radius 2 is 2.00 bits per heavy atom. The number of aliphatic hydroxyl groups is 1. The summed E-state index contributed by atoms with van der Waals surface area (Å²) < 4.78 is 49.3. The van der Waals surface area contributed by atoms with Gasteiger partial charge in [-0.2, -0.15) is 23.5 Å². The molecule has 0 bridgehead atoms. The molecule has 0 radical (unpaired) electrons. The van der Waals surface area contributed by atoms with Crippen molar-refractivity contribution >= 4 is 11.0 Å². The van der Waals surface area contributed by atoms with E-state index in [1.54, 1.807) is 12.3 Å². The van der Waals surface area contributed by atoms with E-state index < -0.39 is 11.9 Å². The number of rotatable bonds is 12. The summed E-state index contributed by atoms with van der Waals surface area (Å²) in [5.41, 5.74) is 1.96. The molecule has 6 rings (SSSR count). The Hall–Kier alpha value is -4.06. The normalized spacial score (nSPS) is 19.1. The number of nitrogens with zero attached hydrogens (tertiary/aromatic N) is 8. The zero-order valence-corrected chi connectivity index (χ0v) is 25.5. The molecule has 11 nitrogen and oxygen atoms in total. The highest BCUT2D eigenvalue weighted by atomic mass is 19.4. The molecule has 2 fully saturated rings. The number of halogens is 3. The van der Waals surface area contributed by atoms with Crippen molar-refractivity contribution in [3.05, 3.63) is 54.4 Å². The van der Waals surface area contributed by atoms with Crippen molar-refractivity contribution in [3.63, 3.8) is 0 Å². The molecule has 0 spiro atoms. The van der Waals surface area contributed by atoms with Crippen LogP contribution in [0.15, 0.2) is 43.1 Å². The SMILES string of the molecule is N#CCCC[C@@H](Cn1cc(-c2ncnc3[nH]ccc23)cn1)N1CCC(Oc2cc(CN3CCC[C@@H]3CO)cc(C(F)(F)F)n2)CC1. The van der Waals surface area contributed by atoms with Gasteiger partial charge in [0, 0.05) is 67.5 Å². The van der Waals surface area contributed by atoms with Gasteiger partial charge in [-0.3, -0.25) is 14.5 Å². The summed E-state index contributed by atoms with van der Waals surface area (Å²) in [5.74, 6) is -0.0149. The number of pyridine rings is 1. The maximum absolute atomic E-state index is 13.8. The van der Waals surface area contributed by atoms with E-state index in [4.69, 9.17) is 10.00 Å². The fourth-order valence-corrected chi connectivity index (χ4v) is 6.64. The van der Waals surface area contributed by atoms with Crippen LogP contribution in [0.5, 0.6) is 5.88 Å². The van der Waals surface area contributed by atoms with Crippen molar-refractivity contribution < 1.29 is 23.0 Å². The van der Waals surface area contributed by atoms with Gasteiger partial charge in [0.05, 0.1) is 31.1 Å². The highest BCUT2D eigenvalue weighted by molar-refractivity contribution is 5.89. The van der Waals surface area contributed by atoms with E-state index in [-0.39, 0.29) is 30.7 Å². The molecular weight excluding hydrogens is 599 g/mol. The van der Waals surface area contributed by atoms with E-state index in [9.17, 15) is 18.3 Å². The molecule has 14 heteroatoms. The first-order valence-electron chi connectivity index (χ1n) is 15.8. The third kappa shape index (κ3) is 7.49. The second kappa shape index (κ2) is 14.1. The van der Waals surface area contributed by atoms with Gasteiger partial charge in [-0.05, 0) is 62.8 Å². The molecule has 4 aromatic rings. The molecule has 4 aromatic heterocycles. The molecule has 2 aliphatic heterocycles.